The van der Waals surface area contributed by atoms with Crippen LogP contribution in [0.25, 0.3) is 0 Å². The molecule has 0 fully saturated rings. The van der Waals surface area contributed by atoms with Gasteiger partial charge in [0.15, 0.2) is 11.1 Å². The third-order valence-electron chi connectivity index (χ3n) is 4.65. The maximum absolute atomic E-state index is 5.97. The standard InChI is InChI=1S/C23H38N6OS.HI/c1-16(2)15-29-21(27-28-23(29)31-7)9-8-12-25-22(24-6)26-14-19-11-10-18(5)13-20(19)30-17(3)4;/h10-11,13,16-17H,8-9,12,14-15H2,1-7H3,(H2,24,25,26);1H. The lowest BCUT2D eigenvalue weighted by Crippen LogP contribution is -2.37. The highest BCUT2D eigenvalue weighted by atomic mass is 127. The molecule has 0 atom stereocenters. The van der Waals surface area contributed by atoms with Crippen molar-refractivity contribution < 1.29 is 4.74 Å². The molecule has 1 heterocycles. The monoisotopic (exact) mass is 574 g/mol. The molecule has 2 rings (SSSR count). The molecule has 2 N–H and O–H groups in total. The van der Waals surface area contributed by atoms with Crippen molar-refractivity contribution in [3.05, 3.63) is 35.2 Å². The van der Waals surface area contributed by atoms with Crippen LogP contribution in [-0.2, 0) is 19.5 Å². The smallest absolute Gasteiger partial charge is 0.191 e. The number of nitrogens with one attached hydrogen (secondary N) is 2. The van der Waals surface area contributed by atoms with Gasteiger partial charge in [-0.15, -0.1) is 34.2 Å². The summed E-state index contributed by atoms with van der Waals surface area (Å²) in [4.78, 5) is 4.35. The second-order valence-corrected chi connectivity index (χ2v) is 9.11. The molecule has 0 aliphatic carbocycles. The highest BCUT2D eigenvalue weighted by Gasteiger charge is 2.12. The van der Waals surface area contributed by atoms with Crippen LogP contribution < -0.4 is 15.4 Å². The number of aryl methyl sites for hydroxylation is 2. The van der Waals surface area contributed by atoms with E-state index in [0.29, 0.717) is 12.5 Å². The van der Waals surface area contributed by atoms with Gasteiger partial charge in [0.1, 0.15) is 11.6 Å². The van der Waals surface area contributed by atoms with Crippen LogP contribution in [-0.4, -0.2) is 46.7 Å². The molecule has 7 nitrogen and oxygen atoms in total. The van der Waals surface area contributed by atoms with Crippen LogP contribution in [0.4, 0.5) is 0 Å². The van der Waals surface area contributed by atoms with Crippen LogP contribution in [0.2, 0.25) is 0 Å². The first-order chi connectivity index (χ1) is 14.8. The van der Waals surface area contributed by atoms with Crippen molar-refractivity contribution in [1.82, 2.24) is 25.4 Å². The lowest BCUT2D eigenvalue weighted by Gasteiger charge is -2.17. The molecule has 32 heavy (non-hydrogen) atoms. The normalized spacial score (nSPS) is 11.6. The topological polar surface area (TPSA) is 76.4 Å². The maximum atomic E-state index is 5.97. The summed E-state index contributed by atoms with van der Waals surface area (Å²) in [5.41, 5.74) is 2.31. The van der Waals surface area contributed by atoms with Gasteiger partial charge in [-0.2, -0.15) is 0 Å². The minimum absolute atomic E-state index is 0. The van der Waals surface area contributed by atoms with Crippen molar-refractivity contribution in [3.63, 3.8) is 0 Å². The Balaban J connectivity index is 0.00000512. The predicted octanol–water partition coefficient (Wildman–Crippen LogP) is 4.67. The molecule has 0 radical (unpaired) electrons. The first kappa shape index (κ1) is 28.5. The van der Waals surface area contributed by atoms with Crippen LogP contribution in [0.3, 0.4) is 0 Å². The molecule has 1 aromatic carbocycles. The first-order valence-corrected chi connectivity index (χ1v) is 12.2. The summed E-state index contributed by atoms with van der Waals surface area (Å²) in [6, 6.07) is 6.30. The van der Waals surface area contributed by atoms with Crippen molar-refractivity contribution in [3.8, 4) is 5.75 Å². The Kier molecular flexibility index (Phi) is 13.0. The van der Waals surface area contributed by atoms with E-state index in [9.17, 15) is 0 Å². The average Bonchev–Trinajstić information content (AvgIpc) is 3.09. The molecule has 0 aliphatic rings. The summed E-state index contributed by atoms with van der Waals surface area (Å²) < 4.78 is 8.22. The van der Waals surface area contributed by atoms with E-state index >= 15 is 0 Å². The molecule has 0 bridgehead atoms. The molecule has 0 amide bonds. The molecule has 9 heteroatoms. The number of aliphatic imine (C=N–C) groups is 1. The van der Waals surface area contributed by atoms with E-state index in [-0.39, 0.29) is 30.1 Å². The van der Waals surface area contributed by atoms with E-state index in [1.807, 2.05) is 20.1 Å². The number of aromatic nitrogens is 3. The Bertz CT molecular complexity index is 853. The largest absolute Gasteiger partial charge is 0.491 e. The molecule has 0 aliphatic heterocycles. The van der Waals surface area contributed by atoms with Gasteiger partial charge in [-0.1, -0.05) is 37.7 Å². The molecule has 0 saturated carbocycles. The number of halogens is 1. The van der Waals surface area contributed by atoms with E-state index in [0.717, 1.165) is 54.2 Å². The number of hydrogen-bond acceptors (Lipinski definition) is 5. The van der Waals surface area contributed by atoms with Crippen molar-refractivity contribution >= 4 is 41.7 Å². The van der Waals surface area contributed by atoms with Crippen LogP contribution in [0.15, 0.2) is 28.3 Å². The van der Waals surface area contributed by atoms with Crippen LogP contribution in [0, 0.1) is 12.8 Å². The van der Waals surface area contributed by atoms with Gasteiger partial charge in [0, 0.05) is 38.7 Å². The third-order valence-corrected chi connectivity index (χ3v) is 5.32. The summed E-state index contributed by atoms with van der Waals surface area (Å²) in [6.45, 7) is 13.0. The average molecular weight is 575 g/mol. The van der Waals surface area contributed by atoms with Gasteiger partial charge in [-0.05, 0) is 51.0 Å². The number of guanidine groups is 1. The van der Waals surface area contributed by atoms with Gasteiger partial charge in [-0.3, -0.25) is 4.99 Å². The summed E-state index contributed by atoms with van der Waals surface area (Å²) in [5.74, 6) is 3.32. The number of rotatable bonds is 11. The molecular formula is C23H39IN6OS. The fourth-order valence-electron chi connectivity index (χ4n) is 3.23. The fourth-order valence-corrected chi connectivity index (χ4v) is 3.75. The highest BCUT2D eigenvalue weighted by molar-refractivity contribution is 14.0. The molecular weight excluding hydrogens is 535 g/mol. The zero-order chi connectivity index (χ0) is 22.8. The second-order valence-electron chi connectivity index (χ2n) is 8.34. The molecule has 0 unspecified atom stereocenters. The van der Waals surface area contributed by atoms with Crippen LogP contribution in [0.5, 0.6) is 5.75 Å². The zero-order valence-corrected chi connectivity index (χ0v) is 23.6. The Hall–Kier alpha value is -1.49. The van der Waals surface area contributed by atoms with Crippen molar-refractivity contribution in [2.24, 2.45) is 10.9 Å². The van der Waals surface area contributed by atoms with Crippen LogP contribution >= 0.6 is 35.7 Å². The third kappa shape index (κ3) is 9.17. The van der Waals surface area contributed by atoms with Gasteiger partial charge in [0.2, 0.25) is 0 Å². The van der Waals surface area contributed by atoms with E-state index < -0.39 is 0 Å². The van der Waals surface area contributed by atoms with Crippen LogP contribution in [0.1, 0.15) is 51.1 Å². The first-order valence-electron chi connectivity index (χ1n) is 11.0. The van der Waals surface area contributed by atoms with E-state index in [1.54, 1.807) is 18.8 Å². The fraction of sp³-hybridized carbons (Fsp3) is 0.609. The van der Waals surface area contributed by atoms with Gasteiger partial charge in [-0.25, -0.2) is 0 Å². The lowest BCUT2D eigenvalue weighted by atomic mass is 10.1. The van der Waals surface area contributed by atoms with Gasteiger partial charge in [0.05, 0.1) is 6.10 Å². The number of benzene rings is 1. The number of hydrogen-bond donors (Lipinski definition) is 2. The summed E-state index contributed by atoms with van der Waals surface area (Å²) in [5, 5.41) is 16.5. The quantitative estimate of drug-likeness (QED) is 0.134. The molecule has 2 aromatic rings. The van der Waals surface area contributed by atoms with Gasteiger partial charge in [0.25, 0.3) is 0 Å². The molecule has 1 aromatic heterocycles. The van der Waals surface area contributed by atoms with Gasteiger partial charge < -0.3 is 19.9 Å². The number of nitrogens with zero attached hydrogens (tertiary/aromatic N) is 4. The second kappa shape index (κ2) is 14.6. The molecule has 180 valence electrons. The Morgan fingerprint density at radius 3 is 2.56 bits per heavy atom. The Morgan fingerprint density at radius 1 is 1.19 bits per heavy atom. The van der Waals surface area contributed by atoms with E-state index in [1.165, 1.54) is 5.56 Å². The zero-order valence-electron chi connectivity index (χ0n) is 20.4. The number of ether oxygens (including phenoxy) is 1. The lowest BCUT2D eigenvalue weighted by molar-refractivity contribution is 0.239. The number of thioether (sulfide) groups is 1. The van der Waals surface area contributed by atoms with Crippen molar-refractivity contribution in [2.45, 2.75) is 71.8 Å². The molecule has 0 spiro atoms. The van der Waals surface area contributed by atoms with Crippen molar-refractivity contribution in [1.29, 1.82) is 0 Å². The van der Waals surface area contributed by atoms with E-state index in [4.69, 9.17) is 4.74 Å². The summed E-state index contributed by atoms with van der Waals surface area (Å²) >= 11 is 1.65. The minimum atomic E-state index is 0. The maximum Gasteiger partial charge on any atom is 0.191 e. The summed E-state index contributed by atoms with van der Waals surface area (Å²) in [6.07, 6.45) is 4.03. The Morgan fingerprint density at radius 2 is 1.94 bits per heavy atom. The highest BCUT2D eigenvalue weighted by Crippen LogP contribution is 2.21. The Labute approximate surface area is 214 Å². The van der Waals surface area contributed by atoms with E-state index in [2.05, 4.69) is 69.4 Å². The minimum Gasteiger partial charge on any atom is -0.491 e. The predicted molar refractivity (Wildman–Crippen MR) is 146 cm³/mol. The SMILES string of the molecule is CN=C(NCCCc1nnc(SC)n1CC(C)C)NCc1ccc(C)cc1OC(C)C.I. The summed E-state index contributed by atoms with van der Waals surface area (Å²) in [7, 11) is 1.79. The molecule has 0 saturated heterocycles. The van der Waals surface area contributed by atoms with Crippen molar-refractivity contribution in [2.75, 3.05) is 19.8 Å². The van der Waals surface area contributed by atoms with Gasteiger partial charge >= 0.3 is 0 Å².